The van der Waals surface area contributed by atoms with Crippen molar-refractivity contribution in [3.63, 3.8) is 0 Å². The molecule has 0 spiro atoms. The molecule has 20 heavy (non-hydrogen) atoms. The molecule has 1 fully saturated rings. The van der Waals surface area contributed by atoms with Crippen molar-refractivity contribution in [3.05, 3.63) is 29.8 Å². The van der Waals surface area contributed by atoms with Crippen LogP contribution in [0, 0.1) is 11.8 Å². The second-order valence-corrected chi connectivity index (χ2v) is 7.57. The number of nitrogens with one attached hydrogen (secondary N) is 1. The summed E-state index contributed by atoms with van der Waals surface area (Å²) in [6.07, 6.45) is 0. The van der Waals surface area contributed by atoms with Crippen LogP contribution in [0.3, 0.4) is 0 Å². The van der Waals surface area contributed by atoms with Gasteiger partial charge in [-0.15, -0.1) is 0 Å². The largest absolute Gasteiger partial charge is 0.313 e. The number of benzene rings is 1. The molecule has 1 heterocycles. The first-order valence-corrected chi connectivity index (χ1v) is 8.69. The predicted octanol–water partition coefficient (Wildman–Crippen LogP) is 2.07. The van der Waals surface area contributed by atoms with Crippen LogP contribution in [0.5, 0.6) is 0 Å². The van der Waals surface area contributed by atoms with Gasteiger partial charge in [-0.3, -0.25) is 0 Å². The first-order chi connectivity index (χ1) is 9.46. The highest BCUT2D eigenvalue weighted by atomic mass is 32.2. The number of sulfonamides is 1. The molecule has 1 saturated heterocycles. The first-order valence-electron chi connectivity index (χ1n) is 7.25. The lowest BCUT2D eigenvalue weighted by Gasteiger charge is -2.18. The minimum atomic E-state index is -3.37. The summed E-state index contributed by atoms with van der Waals surface area (Å²) < 4.78 is 27.2. The maximum absolute atomic E-state index is 12.8. The van der Waals surface area contributed by atoms with Crippen molar-refractivity contribution in [2.45, 2.75) is 32.2 Å². The van der Waals surface area contributed by atoms with Crippen molar-refractivity contribution in [1.29, 1.82) is 0 Å². The lowest BCUT2D eigenvalue weighted by atomic mass is 10.0. The summed E-state index contributed by atoms with van der Waals surface area (Å²) in [4.78, 5) is 0.447. The van der Waals surface area contributed by atoms with Crippen molar-refractivity contribution in [3.8, 4) is 0 Å². The Kier molecular flexibility index (Phi) is 4.83. The van der Waals surface area contributed by atoms with Gasteiger partial charge in [-0.25, -0.2) is 8.42 Å². The second-order valence-electron chi connectivity index (χ2n) is 5.66. The van der Waals surface area contributed by atoms with Gasteiger partial charge in [0.15, 0.2) is 0 Å². The van der Waals surface area contributed by atoms with Crippen molar-refractivity contribution in [1.82, 2.24) is 9.62 Å². The number of nitrogens with zero attached hydrogens (tertiary/aromatic N) is 1. The van der Waals surface area contributed by atoms with Crippen LogP contribution in [0.4, 0.5) is 0 Å². The molecule has 1 N–H and O–H groups in total. The van der Waals surface area contributed by atoms with E-state index in [1.165, 1.54) is 0 Å². The topological polar surface area (TPSA) is 49.4 Å². The molecular formula is C15H24N2O2S. The highest BCUT2D eigenvalue weighted by Gasteiger charge is 2.35. The normalized spacial score (nSPS) is 24.1. The molecule has 0 saturated carbocycles. The molecule has 2 rings (SSSR count). The van der Waals surface area contributed by atoms with Gasteiger partial charge in [-0.1, -0.05) is 39.0 Å². The van der Waals surface area contributed by atoms with Crippen LogP contribution in [0.1, 0.15) is 26.3 Å². The van der Waals surface area contributed by atoms with Crippen LogP contribution < -0.4 is 5.32 Å². The zero-order valence-electron chi connectivity index (χ0n) is 12.5. The minimum Gasteiger partial charge on any atom is -0.313 e. The summed E-state index contributed by atoms with van der Waals surface area (Å²) in [6, 6.07) is 7.29. The SMILES string of the molecule is CCNCc1ccccc1S(=O)(=O)N1CC(C)C(C)C1. The van der Waals surface area contributed by atoms with E-state index in [0.29, 0.717) is 36.4 Å². The summed E-state index contributed by atoms with van der Waals surface area (Å²) >= 11 is 0. The van der Waals surface area contributed by atoms with Gasteiger partial charge in [0.2, 0.25) is 10.0 Å². The molecule has 1 aromatic carbocycles. The Bertz CT molecular complexity index is 547. The quantitative estimate of drug-likeness (QED) is 0.905. The predicted molar refractivity (Wildman–Crippen MR) is 80.9 cm³/mol. The van der Waals surface area contributed by atoms with E-state index in [2.05, 4.69) is 19.2 Å². The Morgan fingerprint density at radius 1 is 1.20 bits per heavy atom. The number of hydrogen-bond acceptors (Lipinski definition) is 3. The molecule has 4 nitrogen and oxygen atoms in total. The Morgan fingerprint density at radius 3 is 2.40 bits per heavy atom. The molecule has 0 amide bonds. The zero-order chi connectivity index (χ0) is 14.8. The second kappa shape index (κ2) is 6.24. The zero-order valence-corrected chi connectivity index (χ0v) is 13.3. The molecule has 2 atom stereocenters. The van der Waals surface area contributed by atoms with Crippen molar-refractivity contribution < 1.29 is 8.42 Å². The van der Waals surface area contributed by atoms with E-state index in [1.54, 1.807) is 16.4 Å². The Balaban J connectivity index is 2.30. The van der Waals surface area contributed by atoms with E-state index in [0.717, 1.165) is 12.1 Å². The van der Waals surface area contributed by atoms with Crippen molar-refractivity contribution in [2.75, 3.05) is 19.6 Å². The molecule has 112 valence electrons. The fourth-order valence-corrected chi connectivity index (χ4v) is 4.44. The molecule has 0 radical (unpaired) electrons. The fourth-order valence-electron chi connectivity index (χ4n) is 2.57. The lowest BCUT2D eigenvalue weighted by molar-refractivity contribution is 0.462. The summed E-state index contributed by atoms with van der Waals surface area (Å²) in [5.41, 5.74) is 0.849. The standard InChI is InChI=1S/C15H24N2O2S/c1-4-16-9-14-7-5-6-8-15(14)20(18,19)17-10-12(2)13(3)11-17/h5-8,12-13,16H,4,9-11H2,1-3H3. The average molecular weight is 296 g/mol. The maximum atomic E-state index is 12.8. The average Bonchev–Trinajstić information content (AvgIpc) is 2.77. The minimum absolute atomic E-state index is 0.422. The van der Waals surface area contributed by atoms with E-state index in [4.69, 9.17) is 0 Å². The van der Waals surface area contributed by atoms with Gasteiger partial charge < -0.3 is 5.32 Å². The maximum Gasteiger partial charge on any atom is 0.243 e. The van der Waals surface area contributed by atoms with Gasteiger partial charge >= 0.3 is 0 Å². The molecule has 2 unspecified atom stereocenters. The summed E-state index contributed by atoms with van der Waals surface area (Å²) in [5.74, 6) is 0.844. The molecule has 0 aliphatic carbocycles. The lowest BCUT2D eigenvalue weighted by Crippen LogP contribution is -2.30. The first kappa shape index (κ1) is 15.5. The highest BCUT2D eigenvalue weighted by Crippen LogP contribution is 2.29. The van der Waals surface area contributed by atoms with Crippen LogP contribution >= 0.6 is 0 Å². The Morgan fingerprint density at radius 2 is 1.80 bits per heavy atom. The molecule has 1 aliphatic rings. The van der Waals surface area contributed by atoms with Gasteiger partial charge in [0.05, 0.1) is 4.90 Å². The number of rotatable bonds is 5. The number of hydrogen-bond donors (Lipinski definition) is 1. The monoisotopic (exact) mass is 296 g/mol. The molecule has 1 aromatic rings. The van der Waals surface area contributed by atoms with Crippen LogP contribution in [0.15, 0.2) is 29.2 Å². The summed E-state index contributed by atoms with van der Waals surface area (Å²) in [6.45, 7) is 8.91. The van der Waals surface area contributed by atoms with Crippen LogP contribution in [0.25, 0.3) is 0 Å². The van der Waals surface area contributed by atoms with Crippen molar-refractivity contribution >= 4 is 10.0 Å². The van der Waals surface area contributed by atoms with Crippen LogP contribution in [0.2, 0.25) is 0 Å². The highest BCUT2D eigenvalue weighted by molar-refractivity contribution is 7.89. The van der Waals surface area contributed by atoms with E-state index < -0.39 is 10.0 Å². The third kappa shape index (κ3) is 3.05. The van der Waals surface area contributed by atoms with Gasteiger partial charge in [0, 0.05) is 19.6 Å². The van der Waals surface area contributed by atoms with Gasteiger partial charge in [-0.2, -0.15) is 4.31 Å². The third-order valence-corrected chi connectivity index (χ3v) is 6.04. The smallest absolute Gasteiger partial charge is 0.243 e. The molecule has 1 aliphatic heterocycles. The third-order valence-electron chi connectivity index (χ3n) is 4.11. The Hall–Kier alpha value is -0.910. The van der Waals surface area contributed by atoms with E-state index in [1.807, 2.05) is 19.1 Å². The molecular weight excluding hydrogens is 272 g/mol. The molecule has 5 heteroatoms. The van der Waals surface area contributed by atoms with Crippen molar-refractivity contribution in [2.24, 2.45) is 11.8 Å². The summed E-state index contributed by atoms with van der Waals surface area (Å²) in [7, 11) is -3.37. The van der Waals surface area contributed by atoms with Gasteiger partial charge in [0.1, 0.15) is 0 Å². The molecule has 0 aromatic heterocycles. The van der Waals surface area contributed by atoms with E-state index in [-0.39, 0.29) is 0 Å². The molecule has 0 bridgehead atoms. The van der Waals surface area contributed by atoms with E-state index >= 15 is 0 Å². The van der Waals surface area contributed by atoms with Crippen LogP contribution in [-0.2, 0) is 16.6 Å². The fraction of sp³-hybridized carbons (Fsp3) is 0.600. The summed E-state index contributed by atoms with van der Waals surface area (Å²) in [5, 5.41) is 3.20. The van der Waals surface area contributed by atoms with Gasteiger partial charge in [0.25, 0.3) is 0 Å². The van der Waals surface area contributed by atoms with Gasteiger partial charge in [-0.05, 0) is 30.0 Å². The Labute approximate surface area is 122 Å². The van der Waals surface area contributed by atoms with E-state index in [9.17, 15) is 8.42 Å². The van der Waals surface area contributed by atoms with Crippen LogP contribution in [-0.4, -0.2) is 32.4 Å².